The molecule has 7 aromatic rings. The van der Waals surface area contributed by atoms with E-state index in [0.717, 1.165) is 47.4 Å². The van der Waals surface area contributed by atoms with Crippen molar-refractivity contribution in [3.05, 3.63) is 115 Å². The highest BCUT2D eigenvalue weighted by Crippen LogP contribution is 2.33. The van der Waals surface area contributed by atoms with Gasteiger partial charge in [0.1, 0.15) is 0 Å². The van der Waals surface area contributed by atoms with Gasteiger partial charge in [0.2, 0.25) is 0 Å². The van der Waals surface area contributed by atoms with Gasteiger partial charge in [0.25, 0.3) is 0 Å². The Bertz CT molecular complexity index is 1860. The highest BCUT2D eigenvalue weighted by atomic mass is 15.1. The van der Waals surface area contributed by atoms with E-state index in [9.17, 15) is 0 Å². The number of para-hydroxylation sites is 2. The van der Waals surface area contributed by atoms with Gasteiger partial charge in [-0.1, -0.05) is 66.7 Å². The summed E-state index contributed by atoms with van der Waals surface area (Å²) in [5, 5.41) is 8.54. The molecular formula is C32H27N5. The van der Waals surface area contributed by atoms with Crippen LogP contribution in [0.4, 0.5) is 5.82 Å². The largest absolute Gasteiger partial charge is 0.363 e. The van der Waals surface area contributed by atoms with Crippen molar-refractivity contribution in [1.29, 1.82) is 0 Å². The smallest absolute Gasteiger partial charge is 0.150 e. The van der Waals surface area contributed by atoms with Crippen LogP contribution in [-0.2, 0) is 19.5 Å². The van der Waals surface area contributed by atoms with E-state index in [1.807, 2.05) is 12.4 Å². The number of aryl methyl sites for hydroxylation is 2. The number of aromatic amines is 1. The van der Waals surface area contributed by atoms with Gasteiger partial charge >= 0.3 is 0 Å². The van der Waals surface area contributed by atoms with Crippen LogP contribution in [-0.4, -0.2) is 19.5 Å². The molecule has 4 heterocycles. The van der Waals surface area contributed by atoms with Crippen LogP contribution in [0.1, 0.15) is 17.7 Å². The van der Waals surface area contributed by atoms with E-state index >= 15 is 0 Å². The summed E-state index contributed by atoms with van der Waals surface area (Å²) in [7, 11) is 0. The summed E-state index contributed by atoms with van der Waals surface area (Å²) < 4.78 is 2.43. The monoisotopic (exact) mass is 481 g/mol. The number of hydrogen-bond acceptors (Lipinski definition) is 3. The number of nitrogens with one attached hydrogen (secondary N) is 2. The van der Waals surface area contributed by atoms with Gasteiger partial charge in [-0.25, -0.2) is 4.98 Å². The number of pyridine rings is 2. The molecule has 0 radical (unpaired) electrons. The maximum atomic E-state index is 4.80. The molecular weight excluding hydrogens is 454 g/mol. The zero-order valence-electron chi connectivity index (χ0n) is 20.5. The van der Waals surface area contributed by atoms with E-state index in [0.29, 0.717) is 6.54 Å². The van der Waals surface area contributed by atoms with Crippen molar-refractivity contribution in [2.75, 3.05) is 5.32 Å². The molecule has 0 fully saturated rings. The molecule has 37 heavy (non-hydrogen) atoms. The Hall–Kier alpha value is -4.64. The summed E-state index contributed by atoms with van der Waals surface area (Å²) in [5.74, 6) is 0.892. The average molecular weight is 482 g/mol. The zero-order chi connectivity index (χ0) is 24.6. The van der Waals surface area contributed by atoms with Gasteiger partial charge in [0.15, 0.2) is 5.82 Å². The molecule has 0 aliphatic rings. The second-order valence-electron chi connectivity index (χ2n) is 9.52. The predicted molar refractivity (Wildman–Crippen MR) is 153 cm³/mol. The minimum absolute atomic E-state index is 0.585. The van der Waals surface area contributed by atoms with Gasteiger partial charge in [-0.05, 0) is 42.7 Å². The molecule has 3 aromatic carbocycles. The minimum Gasteiger partial charge on any atom is -0.363 e. The number of benzene rings is 3. The molecule has 2 N–H and O–H groups in total. The molecule has 7 rings (SSSR count). The molecule has 180 valence electrons. The Morgan fingerprint density at radius 2 is 1.46 bits per heavy atom. The van der Waals surface area contributed by atoms with Crippen molar-refractivity contribution in [1.82, 2.24) is 19.5 Å². The first-order chi connectivity index (χ1) is 18.4. The number of anilines is 1. The second kappa shape index (κ2) is 9.10. The van der Waals surface area contributed by atoms with Gasteiger partial charge in [-0.2, -0.15) is 0 Å². The van der Waals surface area contributed by atoms with Crippen LogP contribution in [0.25, 0.3) is 43.6 Å². The van der Waals surface area contributed by atoms with Gasteiger partial charge in [0.05, 0.1) is 23.3 Å². The molecule has 0 spiro atoms. The SMILES string of the molecule is c1ccc(CCCn2c3ccccc3c3ccnc(NCc4nccc5c4[nH]c4ccccc45)c32)cc1. The first kappa shape index (κ1) is 21.6. The molecule has 0 saturated heterocycles. The quantitative estimate of drug-likeness (QED) is 0.248. The number of aromatic nitrogens is 4. The lowest BCUT2D eigenvalue weighted by molar-refractivity contribution is 0.677. The number of hydrogen-bond donors (Lipinski definition) is 2. The maximum absolute atomic E-state index is 4.80. The highest BCUT2D eigenvalue weighted by molar-refractivity contribution is 6.11. The molecule has 4 aromatic heterocycles. The molecule has 0 amide bonds. The molecule has 0 aliphatic carbocycles. The molecule has 0 atom stereocenters. The molecule has 0 saturated carbocycles. The van der Waals surface area contributed by atoms with Crippen LogP contribution >= 0.6 is 0 Å². The molecule has 0 unspecified atom stereocenters. The third kappa shape index (κ3) is 3.80. The summed E-state index contributed by atoms with van der Waals surface area (Å²) >= 11 is 0. The van der Waals surface area contributed by atoms with Gasteiger partial charge in [0, 0.05) is 51.5 Å². The lowest BCUT2D eigenvalue weighted by Gasteiger charge is -2.12. The molecule has 0 aliphatic heterocycles. The number of rotatable bonds is 7. The van der Waals surface area contributed by atoms with Crippen LogP contribution in [0.15, 0.2) is 103 Å². The Balaban J connectivity index is 1.26. The summed E-state index contributed by atoms with van der Waals surface area (Å²) in [6.07, 6.45) is 5.91. The predicted octanol–water partition coefficient (Wildman–Crippen LogP) is 7.46. The Kier molecular flexibility index (Phi) is 5.32. The fourth-order valence-corrected chi connectivity index (χ4v) is 5.58. The maximum Gasteiger partial charge on any atom is 0.150 e. The average Bonchev–Trinajstić information content (AvgIpc) is 3.49. The first-order valence-electron chi connectivity index (χ1n) is 12.8. The summed E-state index contributed by atoms with van der Waals surface area (Å²) in [5.41, 5.74) is 6.96. The lowest BCUT2D eigenvalue weighted by atomic mass is 10.1. The first-order valence-corrected chi connectivity index (χ1v) is 12.8. The standard InChI is InChI=1S/C32H27N5/c1-2-9-22(10-3-1)11-8-20-37-29-15-7-5-13-24(29)26-17-19-34-32(31(26)37)35-21-28-30-25(16-18-33-28)23-12-4-6-14-27(23)36-30/h1-7,9-10,12-19,36H,8,11,20-21H2,(H,34,35). The van der Waals surface area contributed by atoms with Crippen molar-refractivity contribution in [2.24, 2.45) is 0 Å². The normalized spacial score (nSPS) is 11.7. The highest BCUT2D eigenvalue weighted by Gasteiger charge is 2.16. The minimum atomic E-state index is 0.585. The van der Waals surface area contributed by atoms with Crippen molar-refractivity contribution >= 4 is 49.4 Å². The van der Waals surface area contributed by atoms with Gasteiger partial charge < -0.3 is 14.9 Å². The fourth-order valence-electron chi connectivity index (χ4n) is 5.58. The van der Waals surface area contributed by atoms with E-state index in [1.54, 1.807) is 0 Å². The van der Waals surface area contributed by atoms with Crippen LogP contribution in [0.3, 0.4) is 0 Å². The Morgan fingerprint density at radius 1 is 0.703 bits per heavy atom. The zero-order valence-corrected chi connectivity index (χ0v) is 20.5. The van der Waals surface area contributed by atoms with Crippen molar-refractivity contribution in [3.63, 3.8) is 0 Å². The van der Waals surface area contributed by atoms with Crippen LogP contribution in [0.5, 0.6) is 0 Å². The number of nitrogens with zero attached hydrogens (tertiary/aromatic N) is 3. The summed E-state index contributed by atoms with van der Waals surface area (Å²) in [4.78, 5) is 13.1. The Morgan fingerprint density at radius 3 is 2.38 bits per heavy atom. The third-order valence-electron chi connectivity index (χ3n) is 7.30. The number of fused-ring (bicyclic) bond motifs is 6. The van der Waals surface area contributed by atoms with Gasteiger partial charge in [-0.3, -0.25) is 4.98 Å². The van der Waals surface area contributed by atoms with E-state index < -0.39 is 0 Å². The van der Waals surface area contributed by atoms with E-state index in [1.165, 1.54) is 32.6 Å². The molecule has 5 heteroatoms. The van der Waals surface area contributed by atoms with Crippen molar-refractivity contribution < 1.29 is 0 Å². The van der Waals surface area contributed by atoms with Crippen molar-refractivity contribution in [2.45, 2.75) is 25.9 Å². The van der Waals surface area contributed by atoms with E-state index in [4.69, 9.17) is 9.97 Å². The second-order valence-corrected chi connectivity index (χ2v) is 9.52. The van der Waals surface area contributed by atoms with Crippen molar-refractivity contribution in [3.8, 4) is 0 Å². The topological polar surface area (TPSA) is 58.5 Å². The van der Waals surface area contributed by atoms with Crippen LogP contribution in [0, 0.1) is 0 Å². The summed E-state index contributed by atoms with van der Waals surface area (Å²) in [6, 6.07) is 32.0. The fraction of sp³-hybridized carbons (Fsp3) is 0.125. The molecule has 0 bridgehead atoms. The summed E-state index contributed by atoms with van der Waals surface area (Å²) in [6.45, 7) is 1.51. The molecule has 5 nitrogen and oxygen atoms in total. The number of H-pyrrole nitrogens is 1. The van der Waals surface area contributed by atoms with Gasteiger partial charge in [-0.15, -0.1) is 0 Å². The van der Waals surface area contributed by atoms with Crippen LogP contribution in [0.2, 0.25) is 0 Å². The lowest BCUT2D eigenvalue weighted by Crippen LogP contribution is -2.07. The van der Waals surface area contributed by atoms with E-state index in [-0.39, 0.29) is 0 Å². The third-order valence-corrected chi connectivity index (χ3v) is 7.30. The Labute approximate surface area is 214 Å². The van der Waals surface area contributed by atoms with E-state index in [2.05, 4.69) is 106 Å². The van der Waals surface area contributed by atoms with Crippen LogP contribution < -0.4 is 5.32 Å².